The van der Waals surface area contributed by atoms with Crippen LogP contribution in [-0.4, -0.2) is 23.8 Å². The van der Waals surface area contributed by atoms with E-state index < -0.39 is 28.1 Å². The fraction of sp³-hybridized carbons (Fsp3) is 0.192. The number of hydrogen-bond donors (Lipinski definition) is 1. The number of carboxylic acid groups (broad SMARTS) is 1. The van der Waals surface area contributed by atoms with Gasteiger partial charge >= 0.3 is 5.97 Å². The first-order chi connectivity index (χ1) is 15.7. The number of sulfonamides is 1. The first-order valence-electron chi connectivity index (χ1n) is 10.5. The molecule has 2 unspecified atom stereocenters. The van der Waals surface area contributed by atoms with Gasteiger partial charge in [0.1, 0.15) is 0 Å². The van der Waals surface area contributed by atoms with Crippen molar-refractivity contribution in [1.82, 2.24) is 4.31 Å². The van der Waals surface area contributed by atoms with Crippen molar-refractivity contribution in [2.45, 2.75) is 37.2 Å². The van der Waals surface area contributed by atoms with Crippen molar-refractivity contribution in [2.24, 2.45) is 0 Å². The molecule has 0 fully saturated rings. The number of halogens is 1. The molecule has 0 bridgehead atoms. The van der Waals surface area contributed by atoms with Gasteiger partial charge in [-0.05, 0) is 55.7 Å². The maximum Gasteiger partial charge on any atom is 0.333 e. The van der Waals surface area contributed by atoms with Crippen LogP contribution in [0.25, 0.3) is 0 Å². The number of benzene rings is 3. The molecule has 7 heteroatoms. The van der Waals surface area contributed by atoms with Gasteiger partial charge < -0.3 is 5.11 Å². The number of carbonyl (C=O) groups is 1. The second kappa shape index (κ2) is 9.14. The Bertz CT molecular complexity index is 1320. The third kappa shape index (κ3) is 4.60. The molecule has 3 aromatic rings. The summed E-state index contributed by atoms with van der Waals surface area (Å²) in [6.07, 6.45) is 1.88. The Morgan fingerprint density at radius 2 is 1.61 bits per heavy atom. The standard InChI is InChI=1S/C26H24ClNO4S/c1-17-6-12-22(13-7-17)33(31,32)28-24(20-5-3-4-18(2)16-20)15-14-23(26(29)30)25(28)19-8-10-21(27)11-9-19/h3-14,16,24-25H,15H2,1-2H3,(H,29,30). The molecule has 3 aromatic carbocycles. The summed E-state index contributed by atoms with van der Waals surface area (Å²) in [5, 5.41) is 10.5. The van der Waals surface area contributed by atoms with Crippen molar-refractivity contribution in [1.29, 1.82) is 0 Å². The summed E-state index contributed by atoms with van der Waals surface area (Å²) in [6, 6.07) is 19.3. The molecule has 1 N–H and O–H groups in total. The minimum absolute atomic E-state index is 0.0249. The van der Waals surface area contributed by atoms with E-state index in [0.717, 1.165) is 16.7 Å². The second-order valence-corrected chi connectivity index (χ2v) is 10.5. The Hall–Kier alpha value is -2.93. The van der Waals surface area contributed by atoms with Gasteiger partial charge in [-0.3, -0.25) is 0 Å². The van der Waals surface area contributed by atoms with Gasteiger partial charge in [-0.25, -0.2) is 13.2 Å². The highest BCUT2D eigenvalue weighted by Gasteiger charge is 2.44. The van der Waals surface area contributed by atoms with Gasteiger partial charge in [0, 0.05) is 5.02 Å². The minimum atomic E-state index is -4.07. The van der Waals surface area contributed by atoms with Gasteiger partial charge in [0.15, 0.2) is 0 Å². The smallest absolute Gasteiger partial charge is 0.333 e. The van der Waals surface area contributed by atoms with Gasteiger partial charge in [-0.2, -0.15) is 4.31 Å². The van der Waals surface area contributed by atoms with Crippen LogP contribution in [0.2, 0.25) is 5.02 Å². The van der Waals surface area contributed by atoms with Crippen molar-refractivity contribution < 1.29 is 18.3 Å². The van der Waals surface area contributed by atoms with E-state index in [4.69, 9.17) is 11.6 Å². The molecule has 5 nitrogen and oxygen atoms in total. The fourth-order valence-corrected chi connectivity index (χ4v) is 6.15. The fourth-order valence-electron chi connectivity index (χ4n) is 4.25. The van der Waals surface area contributed by atoms with Crippen molar-refractivity contribution in [3.8, 4) is 0 Å². The monoisotopic (exact) mass is 481 g/mol. The summed E-state index contributed by atoms with van der Waals surface area (Å²) in [5.41, 5.74) is 3.31. The first kappa shape index (κ1) is 23.2. The second-order valence-electron chi connectivity index (χ2n) is 8.23. The predicted octanol–water partition coefficient (Wildman–Crippen LogP) is 5.84. The Labute approximate surface area is 199 Å². The molecule has 0 aromatic heterocycles. The molecule has 1 aliphatic rings. The summed E-state index contributed by atoms with van der Waals surface area (Å²) < 4.78 is 29.5. The molecule has 0 radical (unpaired) electrons. The molecule has 1 heterocycles. The summed E-state index contributed by atoms with van der Waals surface area (Å²) in [6.45, 7) is 3.83. The number of rotatable bonds is 5. The molecule has 2 atom stereocenters. The first-order valence-corrected chi connectivity index (χ1v) is 12.4. The Morgan fingerprint density at radius 1 is 0.939 bits per heavy atom. The summed E-state index contributed by atoms with van der Waals surface area (Å²) in [4.78, 5) is 12.4. The van der Waals surface area contributed by atoms with E-state index in [9.17, 15) is 18.3 Å². The van der Waals surface area contributed by atoms with Crippen LogP contribution < -0.4 is 0 Å². The normalized spacial score (nSPS) is 19.2. The summed E-state index contributed by atoms with van der Waals surface area (Å²) in [5.74, 6) is -1.15. The highest BCUT2D eigenvalue weighted by atomic mass is 35.5. The SMILES string of the molecule is Cc1ccc(S(=O)(=O)N2C(c3cccc(C)c3)CC=C(C(=O)O)C2c2ccc(Cl)cc2)cc1. The number of carboxylic acids is 1. The molecule has 0 saturated heterocycles. The number of aliphatic carboxylic acids is 1. The van der Waals surface area contributed by atoms with Crippen molar-refractivity contribution >= 4 is 27.6 Å². The quantitative estimate of drug-likeness (QED) is 0.496. The largest absolute Gasteiger partial charge is 0.478 e. The molecule has 1 aliphatic heterocycles. The molecule has 0 saturated carbocycles. The van der Waals surface area contributed by atoms with Crippen molar-refractivity contribution in [3.63, 3.8) is 0 Å². The lowest BCUT2D eigenvalue weighted by atomic mass is 9.89. The van der Waals surface area contributed by atoms with Gasteiger partial charge in [-0.15, -0.1) is 0 Å². The van der Waals surface area contributed by atoms with Crippen LogP contribution in [0.4, 0.5) is 0 Å². The molecule has 0 spiro atoms. The maximum absolute atomic E-state index is 14.1. The van der Waals surface area contributed by atoms with Gasteiger partial charge in [0.05, 0.1) is 22.6 Å². The minimum Gasteiger partial charge on any atom is -0.478 e. The van der Waals surface area contributed by atoms with E-state index in [2.05, 4.69) is 0 Å². The Kier molecular flexibility index (Phi) is 6.43. The lowest BCUT2D eigenvalue weighted by molar-refractivity contribution is -0.133. The average molecular weight is 482 g/mol. The zero-order chi connectivity index (χ0) is 23.8. The van der Waals surface area contributed by atoms with Gasteiger partial charge in [0.2, 0.25) is 10.0 Å². The highest BCUT2D eigenvalue weighted by molar-refractivity contribution is 7.89. The van der Waals surface area contributed by atoms with E-state index >= 15 is 0 Å². The lowest BCUT2D eigenvalue weighted by Gasteiger charge is -2.40. The zero-order valence-corrected chi connectivity index (χ0v) is 19.8. The number of nitrogens with zero attached hydrogens (tertiary/aromatic N) is 1. The van der Waals surface area contributed by atoms with Crippen LogP contribution in [-0.2, 0) is 14.8 Å². The van der Waals surface area contributed by atoms with Crippen LogP contribution in [0.15, 0.2) is 89.3 Å². The van der Waals surface area contributed by atoms with E-state index in [1.165, 1.54) is 4.31 Å². The summed E-state index contributed by atoms with van der Waals surface area (Å²) in [7, 11) is -4.07. The highest BCUT2D eigenvalue weighted by Crippen LogP contribution is 2.45. The third-order valence-corrected chi connectivity index (χ3v) is 8.01. The van der Waals surface area contributed by atoms with E-state index in [-0.39, 0.29) is 16.9 Å². The van der Waals surface area contributed by atoms with Crippen LogP contribution >= 0.6 is 11.6 Å². The van der Waals surface area contributed by atoms with Crippen LogP contribution in [0.5, 0.6) is 0 Å². The molecule has 4 rings (SSSR count). The predicted molar refractivity (Wildman–Crippen MR) is 129 cm³/mol. The Balaban J connectivity index is 1.97. The van der Waals surface area contributed by atoms with E-state index in [0.29, 0.717) is 10.6 Å². The maximum atomic E-state index is 14.1. The van der Waals surface area contributed by atoms with E-state index in [1.54, 1.807) is 54.6 Å². The van der Waals surface area contributed by atoms with Gasteiger partial charge in [-0.1, -0.05) is 77.3 Å². The number of aryl methyl sites for hydroxylation is 2. The molecule has 0 aliphatic carbocycles. The van der Waals surface area contributed by atoms with Crippen LogP contribution in [0.1, 0.15) is 40.8 Å². The lowest BCUT2D eigenvalue weighted by Crippen LogP contribution is -2.42. The number of hydrogen-bond acceptors (Lipinski definition) is 3. The molecular formula is C26H24ClNO4S. The van der Waals surface area contributed by atoms with Crippen molar-refractivity contribution in [3.05, 3.63) is 112 Å². The van der Waals surface area contributed by atoms with Crippen LogP contribution in [0.3, 0.4) is 0 Å². The van der Waals surface area contributed by atoms with E-state index in [1.807, 2.05) is 38.1 Å². The Morgan fingerprint density at radius 3 is 2.21 bits per heavy atom. The molecule has 170 valence electrons. The van der Waals surface area contributed by atoms with Crippen molar-refractivity contribution in [2.75, 3.05) is 0 Å². The van der Waals surface area contributed by atoms with Gasteiger partial charge in [0.25, 0.3) is 0 Å². The zero-order valence-electron chi connectivity index (χ0n) is 18.3. The summed E-state index contributed by atoms with van der Waals surface area (Å²) >= 11 is 6.07. The van der Waals surface area contributed by atoms with Crippen LogP contribution in [0, 0.1) is 13.8 Å². The topological polar surface area (TPSA) is 74.7 Å². The molecule has 33 heavy (non-hydrogen) atoms. The average Bonchev–Trinajstić information content (AvgIpc) is 2.79. The molecule has 0 amide bonds. The molecular weight excluding hydrogens is 458 g/mol. The third-order valence-electron chi connectivity index (χ3n) is 5.87.